The predicted molar refractivity (Wildman–Crippen MR) is 85.2 cm³/mol. The number of fused-ring (bicyclic) bond motifs is 1. The van der Waals surface area contributed by atoms with Crippen molar-refractivity contribution in [1.29, 1.82) is 0 Å². The van der Waals surface area contributed by atoms with Crippen molar-refractivity contribution in [2.75, 3.05) is 0 Å². The Morgan fingerprint density at radius 2 is 1.95 bits per heavy atom. The third kappa shape index (κ3) is 2.55. The van der Waals surface area contributed by atoms with E-state index < -0.39 is 0 Å². The smallest absolute Gasteiger partial charge is 0.132 e. The van der Waals surface area contributed by atoms with Gasteiger partial charge in [-0.25, -0.2) is 0 Å². The highest BCUT2D eigenvalue weighted by atomic mass is 32.1. The Kier molecular flexibility index (Phi) is 3.72. The summed E-state index contributed by atoms with van der Waals surface area (Å²) in [5.41, 5.74) is 7.13. The first kappa shape index (κ1) is 13.2. The second-order valence-electron chi connectivity index (χ2n) is 4.86. The van der Waals surface area contributed by atoms with E-state index in [9.17, 15) is 0 Å². The molecule has 2 aromatic carbocycles. The normalized spacial score (nSPS) is 12.5. The Labute approximate surface area is 122 Å². The highest BCUT2D eigenvalue weighted by Crippen LogP contribution is 2.33. The Hall–Kier alpha value is -1.84. The maximum absolute atomic E-state index is 6.09. The summed E-state index contributed by atoms with van der Waals surface area (Å²) >= 11 is 1.71. The quantitative estimate of drug-likeness (QED) is 0.765. The lowest BCUT2D eigenvalue weighted by Crippen LogP contribution is -2.08. The van der Waals surface area contributed by atoms with Crippen LogP contribution in [0.4, 0.5) is 0 Å². The molecule has 1 unspecified atom stereocenters. The van der Waals surface area contributed by atoms with Crippen molar-refractivity contribution in [3.05, 3.63) is 64.4 Å². The number of benzene rings is 2. The van der Waals surface area contributed by atoms with Crippen molar-refractivity contribution in [3.63, 3.8) is 0 Å². The molecule has 20 heavy (non-hydrogen) atoms. The molecular weight excluding hydrogens is 266 g/mol. The van der Waals surface area contributed by atoms with Gasteiger partial charge in [0.2, 0.25) is 0 Å². The third-order valence-corrected chi connectivity index (χ3v) is 4.19. The first-order valence-corrected chi connectivity index (χ1v) is 7.56. The van der Waals surface area contributed by atoms with Crippen LogP contribution in [-0.2, 0) is 6.61 Å². The van der Waals surface area contributed by atoms with Gasteiger partial charge in [0.1, 0.15) is 12.4 Å². The minimum absolute atomic E-state index is 0.0436. The molecule has 0 aliphatic heterocycles. The van der Waals surface area contributed by atoms with E-state index in [1.807, 2.05) is 25.1 Å². The maximum atomic E-state index is 6.09. The molecule has 0 aliphatic carbocycles. The second-order valence-corrected chi connectivity index (χ2v) is 5.89. The highest BCUT2D eigenvalue weighted by molar-refractivity contribution is 7.09. The van der Waals surface area contributed by atoms with Crippen molar-refractivity contribution < 1.29 is 4.74 Å². The van der Waals surface area contributed by atoms with Crippen LogP contribution in [0.5, 0.6) is 5.75 Å². The standard InChI is InChI=1S/C17H17NOS/c1-12(18)15-9-8-13-5-2-3-7-16(13)17(15)19-11-14-6-4-10-20-14/h2-10,12H,11,18H2,1H3. The third-order valence-electron chi connectivity index (χ3n) is 3.34. The average molecular weight is 283 g/mol. The van der Waals surface area contributed by atoms with Gasteiger partial charge < -0.3 is 10.5 Å². The first-order valence-electron chi connectivity index (χ1n) is 6.68. The summed E-state index contributed by atoms with van der Waals surface area (Å²) in [5.74, 6) is 0.909. The molecule has 3 heteroatoms. The molecule has 2 N–H and O–H groups in total. The molecule has 0 spiro atoms. The van der Waals surface area contributed by atoms with Crippen molar-refractivity contribution >= 4 is 22.1 Å². The van der Waals surface area contributed by atoms with E-state index in [1.165, 1.54) is 10.3 Å². The van der Waals surface area contributed by atoms with Crippen LogP contribution in [0.25, 0.3) is 10.8 Å². The molecule has 0 fully saturated rings. The zero-order chi connectivity index (χ0) is 13.9. The van der Waals surface area contributed by atoms with Crippen LogP contribution in [0.3, 0.4) is 0 Å². The number of hydrogen-bond acceptors (Lipinski definition) is 3. The summed E-state index contributed by atoms with van der Waals surface area (Å²) in [4.78, 5) is 1.22. The van der Waals surface area contributed by atoms with E-state index in [2.05, 4.69) is 35.7 Å². The lowest BCUT2D eigenvalue weighted by Gasteiger charge is -2.16. The minimum Gasteiger partial charge on any atom is -0.487 e. The number of hydrogen-bond donors (Lipinski definition) is 1. The lowest BCUT2D eigenvalue weighted by molar-refractivity contribution is 0.309. The molecule has 3 aromatic rings. The van der Waals surface area contributed by atoms with Gasteiger partial charge in [0.25, 0.3) is 0 Å². The van der Waals surface area contributed by atoms with Gasteiger partial charge in [0, 0.05) is 21.9 Å². The molecule has 0 aliphatic rings. The minimum atomic E-state index is -0.0436. The second kappa shape index (κ2) is 5.65. The number of thiophene rings is 1. The Balaban J connectivity index is 2.03. The molecule has 0 bridgehead atoms. The molecule has 0 amide bonds. The topological polar surface area (TPSA) is 35.2 Å². The van der Waals surface area contributed by atoms with Crippen LogP contribution in [-0.4, -0.2) is 0 Å². The molecule has 0 saturated carbocycles. The molecule has 2 nitrogen and oxygen atoms in total. The SMILES string of the molecule is CC(N)c1ccc2ccccc2c1OCc1cccs1. The fourth-order valence-corrected chi connectivity index (χ4v) is 2.93. The van der Waals surface area contributed by atoms with Gasteiger partial charge in [-0.1, -0.05) is 42.5 Å². The monoisotopic (exact) mass is 283 g/mol. The highest BCUT2D eigenvalue weighted by Gasteiger charge is 2.12. The molecule has 3 rings (SSSR count). The zero-order valence-electron chi connectivity index (χ0n) is 11.4. The molecule has 0 saturated heterocycles. The molecule has 1 aromatic heterocycles. The largest absolute Gasteiger partial charge is 0.487 e. The Bertz CT molecular complexity index is 704. The van der Waals surface area contributed by atoms with Gasteiger partial charge in [0.05, 0.1) is 0 Å². The summed E-state index contributed by atoms with van der Waals surface area (Å²) in [6, 6.07) is 16.5. The van der Waals surface area contributed by atoms with Crippen LogP contribution in [0.2, 0.25) is 0 Å². The van der Waals surface area contributed by atoms with Gasteiger partial charge in [-0.2, -0.15) is 0 Å². The van der Waals surface area contributed by atoms with E-state index in [0.717, 1.165) is 16.7 Å². The summed E-state index contributed by atoms with van der Waals surface area (Å²) in [5, 5.41) is 4.37. The van der Waals surface area contributed by atoms with Crippen LogP contribution in [0, 0.1) is 0 Å². The van der Waals surface area contributed by atoms with Gasteiger partial charge in [-0.3, -0.25) is 0 Å². The summed E-state index contributed by atoms with van der Waals surface area (Å²) < 4.78 is 6.09. The molecule has 0 radical (unpaired) electrons. The number of rotatable bonds is 4. The molecule has 1 heterocycles. The van der Waals surface area contributed by atoms with Gasteiger partial charge in [-0.15, -0.1) is 11.3 Å². The van der Waals surface area contributed by atoms with Crippen molar-refractivity contribution in [2.24, 2.45) is 5.73 Å². The van der Waals surface area contributed by atoms with Crippen LogP contribution in [0.1, 0.15) is 23.4 Å². The van der Waals surface area contributed by atoms with Gasteiger partial charge in [-0.05, 0) is 23.8 Å². The fourth-order valence-electron chi connectivity index (χ4n) is 2.32. The van der Waals surface area contributed by atoms with Crippen LogP contribution in [0.15, 0.2) is 53.9 Å². The Morgan fingerprint density at radius 3 is 2.70 bits per heavy atom. The lowest BCUT2D eigenvalue weighted by atomic mass is 10.0. The van der Waals surface area contributed by atoms with Gasteiger partial charge in [0.15, 0.2) is 0 Å². The number of nitrogens with two attached hydrogens (primary N) is 1. The Morgan fingerprint density at radius 1 is 1.10 bits per heavy atom. The van der Waals surface area contributed by atoms with E-state index in [0.29, 0.717) is 6.61 Å². The molecule has 102 valence electrons. The van der Waals surface area contributed by atoms with Crippen molar-refractivity contribution in [2.45, 2.75) is 19.6 Å². The summed E-state index contributed by atoms with van der Waals surface area (Å²) in [6.07, 6.45) is 0. The zero-order valence-corrected chi connectivity index (χ0v) is 12.2. The van der Waals surface area contributed by atoms with Gasteiger partial charge >= 0.3 is 0 Å². The van der Waals surface area contributed by atoms with E-state index in [4.69, 9.17) is 10.5 Å². The fraction of sp³-hybridized carbons (Fsp3) is 0.176. The average Bonchev–Trinajstić information content (AvgIpc) is 2.97. The van der Waals surface area contributed by atoms with E-state index >= 15 is 0 Å². The van der Waals surface area contributed by atoms with E-state index in [-0.39, 0.29) is 6.04 Å². The van der Waals surface area contributed by atoms with Crippen LogP contribution < -0.4 is 10.5 Å². The van der Waals surface area contributed by atoms with Crippen molar-refractivity contribution in [1.82, 2.24) is 0 Å². The predicted octanol–water partition coefficient (Wildman–Crippen LogP) is 4.50. The summed E-state index contributed by atoms with van der Waals surface area (Å²) in [7, 11) is 0. The van der Waals surface area contributed by atoms with Crippen molar-refractivity contribution in [3.8, 4) is 5.75 Å². The maximum Gasteiger partial charge on any atom is 0.132 e. The van der Waals surface area contributed by atoms with E-state index in [1.54, 1.807) is 11.3 Å². The van der Waals surface area contributed by atoms with Crippen LogP contribution >= 0.6 is 11.3 Å². The molecule has 1 atom stereocenters. The summed E-state index contributed by atoms with van der Waals surface area (Å²) in [6.45, 7) is 2.58. The number of ether oxygens (including phenoxy) is 1. The first-order chi connectivity index (χ1) is 9.75. The molecular formula is C17H17NOS.